The lowest BCUT2D eigenvalue weighted by Crippen LogP contribution is -2.26. The molecule has 3 aromatic carbocycles. The molecule has 30 heavy (non-hydrogen) atoms. The monoisotopic (exact) mass is 396 g/mol. The quantitative estimate of drug-likeness (QED) is 0.497. The Morgan fingerprint density at radius 2 is 1.70 bits per heavy atom. The van der Waals surface area contributed by atoms with E-state index in [2.05, 4.69) is 23.3 Å². The largest absolute Gasteiger partial charge is 0.399 e. The number of carbonyl (C=O) groups excluding carboxylic acids is 1. The molecule has 0 saturated heterocycles. The second-order valence-electron chi connectivity index (χ2n) is 7.40. The number of nitrogens with zero attached hydrogens (tertiary/aromatic N) is 3. The van der Waals surface area contributed by atoms with Gasteiger partial charge in [-0.3, -0.25) is 4.79 Å². The third kappa shape index (κ3) is 4.10. The van der Waals surface area contributed by atoms with Crippen LogP contribution in [0.15, 0.2) is 84.9 Å². The summed E-state index contributed by atoms with van der Waals surface area (Å²) < 4.78 is 1.95. The van der Waals surface area contributed by atoms with Gasteiger partial charge in [-0.15, -0.1) is 0 Å². The standard InChI is InChI=1S/C25H24N4O/c1-18-15-24(20-7-4-3-5-8-20)29(27-18)23-13-11-19(12-14-23)17-28(2)25(30)21-9-6-10-22(26)16-21/h3-16H,17,26H2,1-2H3. The molecule has 0 radical (unpaired) electrons. The number of carbonyl (C=O) groups is 1. The second-order valence-corrected chi connectivity index (χ2v) is 7.40. The zero-order valence-electron chi connectivity index (χ0n) is 17.1. The molecular formula is C25H24N4O. The van der Waals surface area contributed by atoms with Crippen LogP contribution >= 0.6 is 0 Å². The van der Waals surface area contributed by atoms with Gasteiger partial charge >= 0.3 is 0 Å². The lowest BCUT2D eigenvalue weighted by atomic mass is 10.1. The number of anilines is 1. The van der Waals surface area contributed by atoms with Crippen LogP contribution < -0.4 is 5.73 Å². The van der Waals surface area contributed by atoms with Crippen LogP contribution in [0.5, 0.6) is 0 Å². The summed E-state index contributed by atoms with van der Waals surface area (Å²) in [6.07, 6.45) is 0. The van der Waals surface area contributed by atoms with Gasteiger partial charge in [0.1, 0.15) is 0 Å². The fourth-order valence-electron chi connectivity index (χ4n) is 3.49. The average molecular weight is 396 g/mol. The Labute approximate surface area is 176 Å². The van der Waals surface area contributed by atoms with E-state index in [1.807, 2.05) is 54.1 Å². The first-order valence-electron chi connectivity index (χ1n) is 9.83. The molecule has 1 amide bonds. The van der Waals surface area contributed by atoms with Crippen molar-refractivity contribution in [3.63, 3.8) is 0 Å². The van der Waals surface area contributed by atoms with E-state index < -0.39 is 0 Å². The molecule has 4 rings (SSSR count). The maximum atomic E-state index is 12.7. The van der Waals surface area contributed by atoms with Gasteiger partial charge in [0.2, 0.25) is 0 Å². The van der Waals surface area contributed by atoms with Crippen molar-refractivity contribution in [2.75, 3.05) is 12.8 Å². The molecule has 1 aromatic heterocycles. The zero-order chi connectivity index (χ0) is 21.1. The van der Waals surface area contributed by atoms with E-state index in [-0.39, 0.29) is 5.91 Å². The minimum Gasteiger partial charge on any atom is -0.399 e. The van der Waals surface area contributed by atoms with Crippen molar-refractivity contribution in [3.05, 3.63) is 102 Å². The van der Waals surface area contributed by atoms with Gasteiger partial charge < -0.3 is 10.6 Å². The van der Waals surface area contributed by atoms with Gasteiger partial charge in [0.05, 0.1) is 17.1 Å². The molecule has 2 N–H and O–H groups in total. The molecule has 5 heteroatoms. The highest BCUT2D eigenvalue weighted by atomic mass is 16.2. The Bertz CT molecular complexity index is 1160. The highest BCUT2D eigenvalue weighted by molar-refractivity contribution is 5.94. The molecule has 0 aliphatic rings. The average Bonchev–Trinajstić information content (AvgIpc) is 3.16. The lowest BCUT2D eigenvalue weighted by Gasteiger charge is -2.18. The molecule has 0 spiro atoms. The third-order valence-corrected chi connectivity index (χ3v) is 4.98. The molecule has 5 nitrogen and oxygen atoms in total. The van der Waals surface area contributed by atoms with E-state index in [4.69, 9.17) is 5.73 Å². The van der Waals surface area contributed by atoms with E-state index in [9.17, 15) is 4.79 Å². The summed E-state index contributed by atoms with van der Waals surface area (Å²) in [6.45, 7) is 2.51. The smallest absolute Gasteiger partial charge is 0.253 e. The molecule has 0 atom stereocenters. The fourth-order valence-corrected chi connectivity index (χ4v) is 3.49. The highest BCUT2D eigenvalue weighted by Crippen LogP contribution is 2.24. The van der Waals surface area contributed by atoms with E-state index in [0.717, 1.165) is 28.2 Å². The lowest BCUT2D eigenvalue weighted by molar-refractivity contribution is 0.0785. The topological polar surface area (TPSA) is 64.2 Å². The first-order valence-corrected chi connectivity index (χ1v) is 9.83. The van der Waals surface area contributed by atoms with Crippen molar-refractivity contribution >= 4 is 11.6 Å². The SMILES string of the molecule is Cc1cc(-c2ccccc2)n(-c2ccc(CN(C)C(=O)c3cccc(N)c3)cc2)n1. The van der Waals surface area contributed by atoms with Crippen molar-refractivity contribution in [3.8, 4) is 16.9 Å². The Morgan fingerprint density at radius 1 is 0.967 bits per heavy atom. The number of amides is 1. The van der Waals surface area contributed by atoms with E-state index in [1.54, 1.807) is 36.2 Å². The minimum atomic E-state index is -0.0551. The first kappa shape index (κ1) is 19.5. The fraction of sp³-hybridized carbons (Fsp3) is 0.120. The van der Waals surface area contributed by atoms with Gasteiger partial charge in [-0.25, -0.2) is 4.68 Å². The van der Waals surface area contributed by atoms with Gasteiger partial charge in [0.25, 0.3) is 5.91 Å². The maximum Gasteiger partial charge on any atom is 0.253 e. The van der Waals surface area contributed by atoms with Crippen molar-refractivity contribution < 1.29 is 4.79 Å². The molecule has 1 heterocycles. The molecule has 0 bridgehead atoms. The second kappa shape index (κ2) is 8.25. The minimum absolute atomic E-state index is 0.0551. The molecule has 0 aliphatic heterocycles. The summed E-state index contributed by atoms with van der Waals surface area (Å²) in [7, 11) is 1.80. The van der Waals surface area contributed by atoms with Gasteiger partial charge in [0, 0.05) is 30.4 Å². The summed E-state index contributed by atoms with van der Waals surface area (Å²) in [4.78, 5) is 14.3. The third-order valence-electron chi connectivity index (χ3n) is 4.98. The molecule has 150 valence electrons. The first-order chi connectivity index (χ1) is 14.5. The normalized spacial score (nSPS) is 10.7. The van der Waals surface area contributed by atoms with Crippen LogP contribution in [0.2, 0.25) is 0 Å². The van der Waals surface area contributed by atoms with Crippen LogP contribution in [0.3, 0.4) is 0 Å². The van der Waals surface area contributed by atoms with Crippen molar-refractivity contribution in [2.24, 2.45) is 0 Å². The predicted molar refractivity (Wildman–Crippen MR) is 120 cm³/mol. The van der Waals surface area contributed by atoms with E-state index >= 15 is 0 Å². The Balaban J connectivity index is 1.53. The predicted octanol–water partition coefficient (Wildman–Crippen LogP) is 4.70. The van der Waals surface area contributed by atoms with Crippen molar-refractivity contribution in [2.45, 2.75) is 13.5 Å². The molecular weight excluding hydrogens is 372 g/mol. The number of aryl methyl sites for hydroxylation is 1. The molecule has 0 saturated carbocycles. The van der Waals surface area contributed by atoms with Gasteiger partial charge in [0.15, 0.2) is 0 Å². The van der Waals surface area contributed by atoms with E-state index in [1.165, 1.54) is 0 Å². The van der Waals surface area contributed by atoms with E-state index in [0.29, 0.717) is 17.8 Å². The number of benzene rings is 3. The summed E-state index contributed by atoms with van der Waals surface area (Å²) >= 11 is 0. The number of nitrogens with two attached hydrogens (primary N) is 1. The number of hydrogen-bond donors (Lipinski definition) is 1. The van der Waals surface area contributed by atoms with Gasteiger partial charge in [-0.1, -0.05) is 48.5 Å². The van der Waals surface area contributed by atoms with Crippen molar-refractivity contribution in [1.29, 1.82) is 0 Å². The Morgan fingerprint density at radius 3 is 2.40 bits per heavy atom. The van der Waals surface area contributed by atoms with Gasteiger partial charge in [-0.2, -0.15) is 5.10 Å². The van der Waals surface area contributed by atoms with Gasteiger partial charge in [-0.05, 0) is 48.9 Å². The zero-order valence-corrected chi connectivity index (χ0v) is 17.1. The van der Waals surface area contributed by atoms with Crippen molar-refractivity contribution in [1.82, 2.24) is 14.7 Å². The summed E-state index contributed by atoms with van der Waals surface area (Å²) in [5.41, 5.74) is 12.1. The Hall–Kier alpha value is -3.86. The molecule has 4 aromatic rings. The van der Waals surface area contributed by atoms with Crippen LogP contribution in [0.4, 0.5) is 5.69 Å². The number of rotatable bonds is 5. The number of nitrogen functional groups attached to an aromatic ring is 1. The Kier molecular flexibility index (Phi) is 5.35. The summed E-state index contributed by atoms with van der Waals surface area (Å²) in [5, 5.41) is 4.66. The van der Waals surface area contributed by atoms with Crippen LogP contribution in [-0.4, -0.2) is 27.6 Å². The molecule has 0 unspecified atom stereocenters. The number of aromatic nitrogens is 2. The van der Waals surface area contributed by atoms with Crippen LogP contribution in [-0.2, 0) is 6.54 Å². The molecule has 0 aliphatic carbocycles. The van der Waals surface area contributed by atoms with Crippen LogP contribution in [0.25, 0.3) is 16.9 Å². The number of hydrogen-bond acceptors (Lipinski definition) is 3. The molecule has 0 fully saturated rings. The maximum absolute atomic E-state index is 12.7. The summed E-state index contributed by atoms with van der Waals surface area (Å²) in [5.74, 6) is -0.0551. The highest BCUT2D eigenvalue weighted by Gasteiger charge is 2.13. The van der Waals surface area contributed by atoms with Crippen LogP contribution in [0, 0.1) is 6.92 Å². The summed E-state index contributed by atoms with van der Waals surface area (Å²) in [6, 6.07) is 27.5. The van der Waals surface area contributed by atoms with Crippen LogP contribution in [0.1, 0.15) is 21.6 Å².